The lowest BCUT2D eigenvalue weighted by molar-refractivity contribution is -0.140. The molecule has 9 nitrogen and oxygen atoms in total. The molecule has 0 bridgehead atoms. The van der Waals surface area contributed by atoms with E-state index in [1.54, 1.807) is 13.8 Å². The molecule has 2 aliphatic rings. The van der Waals surface area contributed by atoms with Crippen LogP contribution < -0.4 is 21.5 Å². The van der Waals surface area contributed by atoms with Crippen LogP contribution in [0.4, 0.5) is 0 Å². The maximum atomic E-state index is 13.0. The molecule has 30 heavy (non-hydrogen) atoms. The Morgan fingerprint density at radius 3 is 2.33 bits per heavy atom. The highest BCUT2D eigenvalue weighted by Crippen LogP contribution is 2.67. The van der Waals surface area contributed by atoms with Crippen molar-refractivity contribution in [2.24, 2.45) is 28.2 Å². The van der Waals surface area contributed by atoms with Crippen molar-refractivity contribution in [1.29, 1.82) is 0 Å². The molecule has 10 heteroatoms. The predicted molar refractivity (Wildman–Crippen MR) is 114 cm³/mol. The fraction of sp³-hybridized carbons (Fsp3) is 0.850. The maximum absolute atomic E-state index is 13.0. The van der Waals surface area contributed by atoms with Gasteiger partial charge in [-0.2, -0.15) is 0 Å². The van der Waals surface area contributed by atoms with Gasteiger partial charge < -0.3 is 16.8 Å². The van der Waals surface area contributed by atoms with Gasteiger partial charge in [0.2, 0.25) is 21.8 Å². The number of hydrogen-bond donors (Lipinski definition) is 4. The van der Waals surface area contributed by atoms with E-state index in [0.29, 0.717) is 18.8 Å². The number of carbonyl (C=O) groups excluding carboxylic acids is 3. The van der Waals surface area contributed by atoms with Crippen LogP contribution in [0.25, 0.3) is 0 Å². The lowest BCUT2D eigenvalue weighted by atomic mass is 9.80. The SMILES string of the molecule is CC[C@H](C)S(=O)(=O)NCCCC(=O)[C@]1(C(N)=O)C[C@]1(CCC1CCNCC1)C(N)=O. The summed E-state index contributed by atoms with van der Waals surface area (Å²) in [5, 5.41) is 2.76. The average Bonchev–Trinajstić information content (AvgIpc) is 3.42. The third-order valence-electron chi connectivity index (χ3n) is 7.05. The number of amides is 2. The molecule has 2 rings (SSSR count). The minimum atomic E-state index is -3.43. The average molecular weight is 445 g/mol. The van der Waals surface area contributed by atoms with E-state index in [1.165, 1.54) is 0 Å². The van der Waals surface area contributed by atoms with Gasteiger partial charge in [-0.05, 0) is 70.9 Å². The summed E-state index contributed by atoms with van der Waals surface area (Å²) in [6.07, 6.45) is 3.82. The molecular weight excluding hydrogens is 408 g/mol. The monoisotopic (exact) mass is 444 g/mol. The minimum absolute atomic E-state index is 0.0334. The van der Waals surface area contributed by atoms with Crippen LogP contribution in [0.3, 0.4) is 0 Å². The number of nitrogens with two attached hydrogens (primary N) is 2. The number of rotatable bonds is 13. The smallest absolute Gasteiger partial charge is 0.232 e. The van der Waals surface area contributed by atoms with Gasteiger partial charge in [0.15, 0.2) is 0 Å². The Kier molecular flexibility index (Phi) is 8.03. The van der Waals surface area contributed by atoms with Crippen molar-refractivity contribution in [3.8, 4) is 0 Å². The lowest BCUT2D eigenvalue weighted by Gasteiger charge is -2.26. The van der Waals surface area contributed by atoms with Crippen LogP contribution >= 0.6 is 0 Å². The van der Waals surface area contributed by atoms with Gasteiger partial charge in [0, 0.05) is 13.0 Å². The second-order valence-electron chi connectivity index (χ2n) is 8.81. The van der Waals surface area contributed by atoms with Crippen molar-refractivity contribution in [2.75, 3.05) is 19.6 Å². The number of hydrogen-bond acceptors (Lipinski definition) is 6. The van der Waals surface area contributed by atoms with E-state index < -0.39 is 43.7 Å². The largest absolute Gasteiger partial charge is 0.369 e. The first-order valence-corrected chi connectivity index (χ1v) is 12.4. The zero-order chi connectivity index (χ0) is 22.6. The van der Waals surface area contributed by atoms with Crippen LogP contribution in [-0.2, 0) is 24.4 Å². The molecule has 1 saturated carbocycles. The van der Waals surface area contributed by atoms with E-state index >= 15 is 0 Å². The zero-order valence-electron chi connectivity index (χ0n) is 18.0. The topological polar surface area (TPSA) is 161 Å². The Bertz CT molecular complexity index is 765. The van der Waals surface area contributed by atoms with Crippen molar-refractivity contribution < 1.29 is 22.8 Å². The van der Waals surface area contributed by atoms with Gasteiger partial charge in [0.25, 0.3) is 0 Å². The molecule has 0 aromatic carbocycles. The minimum Gasteiger partial charge on any atom is -0.369 e. The van der Waals surface area contributed by atoms with Crippen molar-refractivity contribution in [3.63, 3.8) is 0 Å². The molecule has 2 fully saturated rings. The lowest BCUT2D eigenvalue weighted by Crippen LogP contribution is -2.43. The molecule has 0 unspecified atom stereocenters. The quantitative estimate of drug-likeness (QED) is 0.234. The van der Waals surface area contributed by atoms with Gasteiger partial charge in [0.1, 0.15) is 11.2 Å². The first-order chi connectivity index (χ1) is 14.0. The van der Waals surface area contributed by atoms with Crippen LogP contribution in [-0.4, -0.2) is 50.9 Å². The summed E-state index contributed by atoms with van der Waals surface area (Å²) in [6.45, 7) is 5.32. The van der Waals surface area contributed by atoms with E-state index in [0.717, 1.165) is 32.4 Å². The Morgan fingerprint density at radius 2 is 1.80 bits per heavy atom. The van der Waals surface area contributed by atoms with Crippen molar-refractivity contribution in [2.45, 2.75) is 70.5 Å². The molecule has 0 radical (unpaired) electrons. The Morgan fingerprint density at radius 1 is 1.17 bits per heavy atom. The summed E-state index contributed by atoms with van der Waals surface area (Å²) in [5.41, 5.74) is 8.49. The molecule has 172 valence electrons. The fourth-order valence-electron chi connectivity index (χ4n) is 4.62. The number of sulfonamides is 1. The third-order valence-corrected chi connectivity index (χ3v) is 9.05. The van der Waals surface area contributed by atoms with E-state index in [1.807, 2.05) is 0 Å². The number of carbonyl (C=O) groups is 3. The molecule has 3 atom stereocenters. The van der Waals surface area contributed by atoms with Gasteiger partial charge in [-0.15, -0.1) is 0 Å². The predicted octanol–water partition coefficient (Wildman–Crippen LogP) is 0.181. The number of nitrogens with one attached hydrogen (secondary N) is 2. The van der Waals surface area contributed by atoms with Crippen LogP contribution in [0.1, 0.15) is 65.2 Å². The molecule has 1 heterocycles. The highest BCUT2D eigenvalue weighted by atomic mass is 32.2. The van der Waals surface area contributed by atoms with Gasteiger partial charge in [-0.3, -0.25) is 14.4 Å². The molecule has 1 saturated heterocycles. The summed E-state index contributed by atoms with van der Waals surface area (Å²) < 4.78 is 26.5. The highest BCUT2D eigenvalue weighted by molar-refractivity contribution is 7.90. The van der Waals surface area contributed by atoms with Crippen LogP contribution in [0.15, 0.2) is 0 Å². The van der Waals surface area contributed by atoms with Crippen LogP contribution in [0.2, 0.25) is 0 Å². The molecule has 6 N–H and O–H groups in total. The normalized spacial score (nSPS) is 28.1. The molecule has 1 aliphatic heterocycles. The number of piperidine rings is 1. The van der Waals surface area contributed by atoms with E-state index in [9.17, 15) is 22.8 Å². The first-order valence-electron chi connectivity index (χ1n) is 10.9. The first kappa shape index (κ1) is 24.7. The summed E-state index contributed by atoms with van der Waals surface area (Å²) >= 11 is 0. The van der Waals surface area contributed by atoms with E-state index in [2.05, 4.69) is 10.0 Å². The van der Waals surface area contributed by atoms with Gasteiger partial charge in [-0.1, -0.05) is 6.92 Å². The number of Topliss-reactive ketones (excluding diaryl/α,β-unsaturated/α-hetero) is 1. The summed E-state index contributed by atoms with van der Waals surface area (Å²) in [7, 11) is -3.43. The van der Waals surface area contributed by atoms with E-state index in [-0.39, 0.29) is 25.8 Å². The molecule has 1 aliphatic carbocycles. The molecule has 0 spiro atoms. The molecule has 2 amide bonds. The highest BCUT2D eigenvalue weighted by Gasteiger charge is 2.77. The summed E-state index contributed by atoms with van der Waals surface area (Å²) in [5.74, 6) is -1.45. The number of primary amides is 2. The number of ketones is 1. The Hall–Kier alpha value is -1.52. The van der Waals surface area contributed by atoms with Crippen LogP contribution in [0, 0.1) is 16.7 Å². The Labute approximate surface area is 179 Å². The third kappa shape index (κ3) is 4.86. The van der Waals surface area contributed by atoms with Crippen molar-refractivity contribution >= 4 is 27.6 Å². The van der Waals surface area contributed by atoms with Gasteiger partial charge in [0.05, 0.1) is 10.7 Å². The Balaban J connectivity index is 1.99. The van der Waals surface area contributed by atoms with Gasteiger partial charge in [-0.25, -0.2) is 13.1 Å². The maximum Gasteiger partial charge on any atom is 0.232 e. The van der Waals surface area contributed by atoms with E-state index in [4.69, 9.17) is 11.5 Å². The van der Waals surface area contributed by atoms with Crippen molar-refractivity contribution in [1.82, 2.24) is 10.0 Å². The zero-order valence-corrected chi connectivity index (χ0v) is 18.9. The van der Waals surface area contributed by atoms with Crippen LogP contribution in [0.5, 0.6) is 0 Å². The van der Waals surface area contributed by atoms with Gasteiger partial charge >= 0.3 is 0 Å². The standard InChI is InChI=1S/C20H36N4O5S/c1-3-14(2)30(28,29)24-10-4-5-16(25)20(18(22)27)13-19(20,17(21)26)9-6-15-7-11-23-12-8-15/h14-15,23-24H,3-13H2,1-2H3,(H2,21,26)(H2,22,27)/t14-,19+,20-/m0/s1. The molecular formula is C20H36N4O5S. The second-order valence-corrected chi connectivity index (χ2v) is 11.0. The second kappa shape index (κ2) is 9.74. The van der Waals surface area contributed by atoms with Crippen molar-refractivity contribution in [3.05, 3.63) is 0 Å². The summed E-state index contributed by atoms with van der Waals surface area (Å²) in [6, 6.07) is 0. The summed E-state index contributed by atoms with van der Waals surface area (Å²) in [4.78, 5) is 37.6. The molecule has 0 aromatic rings. The fourth-order valence-corrected chi connectivity index (χ4v) is 5.77. The molecule has 0 aromatic heterocycles.